The summed E-state index contributed by atoms with van der Waals surface area (Å²) in [5, 5.41) is 0.581. The van der Waals surface area contributed by atoms with E-state index in [0.29, 0.717) is 10.8 Å². The predicted molar refractivity (Wildman–Crippen MR) is 74.9 cm³/mol. The number of anilines is 1. The van der Waals surface area contributed by atoms with Crippen molar-refractivity contribution in [3.05, 3.63) is 34.5 Å². The number of allylic oxidation sites excluding steroid dienone is 1. The highest BCUT2D eigenvalue weighted by molar-refractivity contribution is 6.30. The van der Waals surface area contributed by atoms with Crippen LogP contribution >= 0.6 is 11.6 Å². The monoisotopic (exact) mass is 266 g/mol. The van der Waals surface area contributed by atoms with Crippen LogP contribution in [-0.4, -0.2) is 4.98 Å². The van der Waals surface area contributed by atoms with E-state index < -0.39 is 0 Å². The molecule has 0 aromatic carbocycles. The molecule has 0 aliphatic heterocycles. The normalized spacial score (nSPS) is 17.3. The molecule has 0 bridgehead atoms. The molecule has 1 atom stereocenters. The van der Waals surface area contributed by atoms with Crippen molar-refractivity contribution in [1.82, 2.24) is 10.4 Å². The average molecular weight is 267 g/mol. The van der Waals surface area contributed by atoms with Gasteiger partial charge in [0.05, 0.1) is 11.1 Å². The summed E-state index contributed by atoms with van der Waals surface area (Å²) < 4.78 is 0. The number of nitrogens with zero attached hydrogens (tertiary/aromatic N) is 1. The molecule has 0 saturated carbocycles. The van der Waals surface area contributed by atoms with Crippen LogP contribution in [0.5, 0.6) is 0 Å². The molecule has 4 nitrogen and oxygen atoms in total. The van der Waals surface area contributed by atoms with E-state index in [1.165, 1.54) is 18.4 Å². The third-order valence-electron chi connectivity index (χ3n) is 3.34. The summed E-state index contributed by atoms with van der Waals surface area (Å²) in [5.74, 6) is 6.12. The summed E-state index contributed by atoms with van der Waals surface area (Å²) in [5.41, 5.74) is 11.0. The highest BCUT2D eigenvalue weighted by Crippen LogP contribution is 2.30. The highest BCUT2D eigenvalue weighted by atomic mass is 35.5. The summed E-state index contributed by atoms with van der Waals surface area (Å²) in [6.07, 6.45) is 9.57. The molecule has 0 spiro atoms. The SMILES string of the molecule is NNC(CC1=CCCCC1)c1cc(Cl)cnc1N. The van der Waals surface area contributed by atoms with Crippen molar-refractivity contribution in [2.24, 2.45) is 5.84 Å². The fraction of sp³-hybridized carbons (Fsp3) is 0.462. The molecular weight excluding hydrogens is 248 g/mol. The van der Waals surface area contributed by atoms with Crippen molar-refractivity contribution >= 4 is 17.4 Å². The molecule has 0 radical (unpaired) electrons. The number of hydrogen-bond acceptors (Lipinski definition) is 4. The quantitative estimate of drug-likeness (QED) is 0.445. The zero-order valence-electron chi connectivity index (χ0n) is 10.3. The molecule has 1 unspecified atom stereocenters. The van der Waals surface area contributed by atoms with Crippen LogP contribution < -0.4 is 17.0 Å². The number of pyridine rings is 1. The fourth-order valence-corrected chi connectivity index (χ4v) is 2.52. The van der Waals surface area contributed by atoms with Crippen molar-refractivity contribution in [3.63, 3.8) is 0 Å². The summed E-state index contributed by atoms with van der Waals surface area (Å²) in [4.78, 5) is 4.07. The molecule has 2 rings (SSSR count). The summed E-state index contributed by atoms with van der Waals surface area (Å²) in [6.45, 7) is 0. The standard InChI is InChI=1S/C13H19ClN4/c14-10-7-11(13(15)17-8-10)12(18-16)6-9-4-2-1-3-5-9/h4,7-8,12,18H,1-3,5-6,16H2,(H2,15,17). The van der Waals surface area contributed by atoms with Gasteiger partial charge < -0.3 is 5.73 Å². The van der Waals surface area contributed by atoms with Gasteiger partial charge in [-0.15, -0.1) is 0 Å². The Labute approximate surface area is 112 Å². The Balaban J connectivity index is 2.17. The van der Waals surface area contributed by atoms with Crippen LogP contribution in [-0.2, 0) is 0 Å². The Morgan fingerprint density at radius 1 is 1.44 bits per heavy atom. The van der Waals surface area contributed by atoms with E-state index in [-0.39, 0.29) is 6.04 Å². The van der Waals surface area contributed by atoms with Gasteiger partial charge in [0.25, 0.3) is 0 Å². The van der Waals surface area contributed by atoms with Crippen molar-refractivity contribution < 1.29 is 0 Å². The Kier molecular flexibility index (Phi) is 4.58. The maximum absolute atomic E-state index is 5.96. The molecule has 0 fully saturated rings. The van der Waals surface area contributed by atoms with Gasteiger partial charge >= 0.3 is 0 Å². The molecule has 98 valence electrons. The lowest BCUT2D eigenvalue weighted by atomic mass is 9.92. The van der Waals surface area contributed by atoms with Gasteiger partial charge in [0.2, 0.25) is 0 Å². The summed E-state index contributed by atoms with van der Waals surface area (Å²) in [7, 11) is 0. The van der Waals surface area contributed by atoms with Gasteiger partial charge in [0, 0.05) is 11.8 Å². The van der Waals surface area contributed by atoms with E-state index in [0.717, 1.165) is 24.8 Å². The van der Waals surface area contributed by atoms with Gasteiger partial charge in [-0.25, -0.2) is 4.98 Å². The molecule has 0 amide bonds. The van der Waals surface area contributed by atoms with E-state index in [4.69, 9.17) is 23.2 Å². The number of nitrogens with one attached hydrogen (secondary N) is 1. The first-order valence-electron chi connectivity index (χ1n) is 6.25. The Morgan fingerprint density at radius 2 is 2.28 bits per heavy atom. The second-order valence-corrected chi connectivity index (χ2v) is 5.10. The number of rotatable bonds is 4. The van der Waals surface area contributed by atoms with Gasteiger partial charge in [-0.05, 0) is 38.2 Å². The first-order chi connectivity index (χ1) is 8.70. The van der Waals surface area contributed by atoms with Crippen LogP contribution in [0.3, 0.4) is 0 Å². The van der Waals surface area contributed by atoms with Crippen LogP contribution in [0, 0.1) is 0 Å². The minimum absolute atomic E-state index is 0.0273. The van der Waals surface area contributed by atoms with Crippen LogP contribution in [0.1, 0.15) is 43.7 Å². The minimum Gasteiger partial charge on any atom is -0.383 e. The molecule has 18 heavy (non-hydrogen) atoms. The molecule has 5 N–H and O–H groups in total. The molecule has 1 heterocycles. The second kappa shape index (κ2) is 6.18. The van der Waals surface area contributed by atoms with E-state index >= 15 is 0 Å². The zero-order valence-corrected chi connectivity index (χ0v) is 11.1. The zero-order chi connectivity index (χ0) is 13.0. The van der Waals surface area contributed by atoms with Gasteiger partial charge in [-0.1, -0.05) is 23.3 Å². The molecule has 1 aliphatic carbocycles. The highest BCUT2D eigenvalue weighted by Gasteiger charge is 2.17. The van der Waals surface area contributed by atoms with Crippen molar-refractivity contribution in [2.75, 3.05) is 5.73 Å². The number of halogens is 1. The minimum atomic E-state index is -0.0273. The van der Waals surface area contributed by atoms with Gasteiger partial charge in [-0.3, -0.25) is 11.3 Å². The van der Waals surface area contributed by atoms with E-state index in [2.05, 4.69) is 16.5 Å². The van der Waals surface area contributed by atoms with E-state index in [1.54, 1.807) is 6.20 Å². The molecule has 1 aliphatic rings. The van der Waals surface area contributed by atoms with Crippen LogP contribution in [0.15, 0.2) is 23.9 Å². The van der Waals surface area contributed by atoms with E-state index in [1.807, 2.05) is 6.07 Å². The molecule has 1 aromatic heterocycles. The number of nitrogens with two attached hydrogens (primary N) is 2. The van der Waals surface area contributed by atoms with Gasteiger partial charge in [0.15, 0.2) is 0 Å². The molecule has 0 saturated heterocycles. The smallest absolute Gasteiger partial charge is 0.128 e. The number of nitrogen functional groups attached to an aromatic ring is 1. The van der Waals surface area contributed by atoms with Crippen LogP contribution in [0.25, 0.3) is 0 Å². The van der Waals surface area contributed by atoms with Crippen molar-refractivity contribution in [2.45, 2.75) is 38.1 Å². The van der Waals surface area contributed by atoms with E-state index in [9.17, 15) is 0 Å². The largest absolute Gasteiger partial charge is 0.383 e. The first kappa shape index (κ1) is 13.3. The Hall–Kier alpha value is -1.10. The van der Waals surface area contributed by atoms with Crippen LogP contribution in [0.2, 0.25) is 5.02 Å². The van der Waals surface area contributed by atoms with Crippen LogP contribution in [0.4, 0.5) is 5.82 Å². The lowest BCUT2D eigenvalue weighted by molar-refractivity contribution is 0.529. The third kappa shape index (κ3) is 3.22. The number of hydrogen-bond donors (Lipinski definition) is 3. The lowest BCUT2D eigenvalue weighted by Crippen LogP contribution is -2.29. The Morgan fingerprint density at radius 3 is 2.94 bits per heavy atom. The third-order valence-corrected chi connectivity index (χ3v) is 3.55. The number of hydrazine groups is 1. The average Bonchev–Trinajstić information content (AvgIpc) is 2.40. The lowest BCUT2D eigenvalue weighted by Gasteiger charge is -2.21. The Bertz CT molecular complexity index is 445. The molecule has 5 heteroatoms. The first-order valence-corrected chi connectivity index (χ1v) is 6.63. The summed E-state index contributed by atoms with van der Waals surface area (Å²) >= 11 is 5.96. The molecular formula is C13H19ClN4. The van der Waals surface area contributed by atoms with Gasteiger partial charge in [0.1, 0.15) is 5.82 Å². The predicted octanol–water partition coefficient (Wildman–Crippen LogP) is 2.71. The van der Waals surface area contributed by atoms with Crippen molar-refractivity contribution in [3.8, 4) is 0 Å². The van der Waals surface area contributed by atoms with Gasteiger partial charge in [-0.2, -0.15) is 0 Å². The molecule has 1 aromatic rings. The maximum Gasteiger partial charge on any atom is 0.128 e. The second-order valence-electron chi connectivity index (χ2n) is 4.66. The maximum atomic E-state index is 5.96. The number of aromatic nitrogens is 1. The fourth-order valence-electron chi connectivity index (χ4n) is 2.36. The summed E-state index contributed by atoms with van der Waals surface area (Å²) in [6, 6.07) is 1.80. The topological polar surface area (TPSA) is 77.0 Å². The van der Waals surface area contributed by atoms with Crippen molar-refractivity contribution in [1.29, 1.82) is 0 Å².